The molecule has 0 fully saturated rings. The van der Waals surface area contributed by atoms with Crippen LogP contribution in [0.5, 0.6) is 11.5 Å². The molecule has 8 heteroatoms. The molecule has 26 heavy (non-hydrogen) atoms. The van der Waals surface area contributed by atoms with Gasteiger partial charge in [0, 0.05) is 13.1 Å². The van der Waals surface area contributed by atoms with Crippen LogP contribution in [0.15, 0.2) is 48.5 Å². The van der Waals surface area contributed by atoms with Crippen molar-refractivity contribution in [2.24, 2.45) is 5.73 Å². The van der Waals surface area contributed by atoms with Gasteiger partial charge < -0.3 is 26.6 Å². The Hall–Kier alpha value is -3.68. The zero-order chi connectivity index (χ0) is 18.5. The van der Waals surface area contributed by atoms with Crippen LogP contribution in [-0.2, 0) is 13.1 Å². The van der Waals surface area contributed by atoms with Crippen molar-refractivity contribution < 1.29 is 15.0 Å². The van der Waals surface area contributed by atoms with Crippen molar-refractivity contribution in [3.63, 3.8) is 0 Å². The smallest absolute Gasteiger partial charge is 0.256 e. The van der Waals surface area contributed by atoms with Gasteiger partial charge in [0.25, 0.3) is 5.91 Å². The number of nitrogens with zero attached hydrogens (tertiary/aromatic N) is 1. The highest BCUT2D eigenvalue weighted by molar-refractivity contribution is 6.02. The first-order valence-corrected chi connectivity index (χ1v) is 7.94. The Balaban J connectivity index is 1.70. The fourth-order valence-electron chi connectivity index (χ4n) is 2.44. The van der Waals surface area contributed by atoms with Crippen molar-refractivity contribution in [2.75, 3.05) is 10.6 Å². The number of amides is 1. The topological polar surface area (TPSA) is 136 Å². The molecule has 1 amide bonds. The van der Waals surface area contributed by atoms with E-state index in [9.17, 15) is 15.0 Å². The van der Waals surface area contributed by atoms with E-state index in [2.05, 4.69) is 20.8 Å². The average molecular weight is 353 g/mol. The summed E-state index contributed by atoms with van der Waals surface area (Å²) in [5, 5.41) is 31.6. The SMILES string of the molecule is NC(=O)c1c(NCc2ccc(O)cc2)n[nH]c1NCc1ccc(O)cc1. The quantitative estimate of drug-likeness (QED) is 0.385. The molecule has 1 aromatic heterocycles. The number of nitrogens with two attached hydrogens (primary N) is 1. The highest BCUT2D eigenvalue weighted by Crippen LogP contribution is 2.22. The Labute approximate surface area is 149 Å². The molecule has 7 N–H and O–H groups in total. The van der Waals surface area contributed by atoms with Crippen molar-refractivity contribution in [3.8, 4) is 11.5 Å². The minimum atomic E-state index is -0.611. The molecule has 0 aliphatic carbocycles. The number of aromatic nitrogens is 2. The second kappa shape index (κ2) is 7.47. The average Bonchev–Trinajstić information content (AvgIpc) is 3.04. The summed E-state index contributed by atoms with van der Waals surface area (Å²) in [5.74, 6) is 0.526. The van der Waals surface area contributed by atoms with Gasteiger partial charge in [0.05, 0.1) is 0 Å². The molecule has 3 aromatic rings. The van der Waals surface area contributed by atoms with Crippen molar-refractivity contribution in [2.45, 2.75) is 13.1 Å². The lowest BCUT2D eigenvalue weighted by Gasteiger charge is -2.08. The van der Waals surface area contributed by atoms with E-state index in [1.165, 1.54) is 0 Å². The van der Waals surface area contributed by atoms with Crippen LogP contribution in [-0.4, -0.2) is 26.3 Å². The minimum Gasteiger partial charge on any atom is -0.508 e. The number of aromatic hydroxyl groups is 2. The van der Waals surface area contributed by atoms with Gasteiger partial charge in [-0.3, -0.25) is 9.89 Å². The molecule has 0 unspecified atom stereocenters. The number of carbonyl (C=O) groups excluding carboxylic acids is 1. The molecule has 0 radical (unpaired) electrons. The van der Waals surface area contributed by atoms with Crippen LogP contribution >= 0.6 is 0 Å². The summed E-state index contributed by atoms with van der Waals surface area (Å²) in [6, 6.07) is 13.4. The standard InChI is InChI=1S/C18H19N5O3/c19-16(26)15-17(20-9-11-1-5-13(24)6-2-11)22-23-18(15)21-10-12-3-7-14(25)8-4-12/h1-8,24-25H,9-10H2,(H2,19,26)(H3,20,21,22,23). The summed E-state index contributed by atoms with van der Waals surface area (Å²) in [6.07, 6.45) is 0. The molecule has 0 saturated heterocycles. The van der Waals surface area contributed by atoms with Gasteiger partial charge in [0.2, 0.25) is 0 Å². The summed E-state index contributed by atoms with van der Waals surface area (Å²) in [6.45, 7) is 0.850. The second-order valence-electron chi connectivity index (χ2n) is 5.73. The van der Waals surface area contributed by atoms with Crippen LogP contribution in [0, 0.1) is 0 Å². The maximum atomic E-state index is 11.8. The van der Waals surface area contributed by atoms with E-state index in [4.69, 9.17) is 5.73 Å². The van der Waals surface area contributed by atoms with Gasteiger partial charge in [-0.2, -0.15) is 5.10 Å². The molecule has 1 heterocycles. The maximum absolute atomic E-state index is 11.8. The van der Waals surface area contributed by atoms with E-state index in [-0.39, 0.29) is 17.1 Å². The molecule has 0 saturated carbocycles. The summed E-state index contributed by atoms with van der Waals surface area (Å²) in [5.41, 5.74) is 7.57. The predicted molar refractivity (Wildman–Crippen MR) is 98.0 cm³/mol. The number of hydrogen-bond acceptors (Lipinski definition) is 6. The van der Waals surface area contributed by atoms with Crippen LogP contribution in [0.25, 0.3) is 0 Å². The van der Waals surface area contributed by atoms with E-state index < -0.39 is 5.91 Å². The molecular formula is C18H19N5O3. The number of aromatic amines is 1. The highest BCUT2D eigenvalue weighted by atomic mass is 16.3. The minimum absolute atomic E-state index is 0.187. The Morgan fingerprint density at radius 3 is 1.92 bits per heavy atom. The van der Waals surface area contributed by atoms with E-state index in [1.807, 2.05) is 0 Å². The Kier molecular flexibility index (Phi) is 4.93. The lowest BCUT2D eigenvalue weighted by molar-refractivity contribution is 0.100. The number of rotatable bonds is 7. The highest BCUT2D eigenvalue weighted by Gasteiger charge is 2.18. The molecule has 134 valence electrons. The molecule has 8 nitrogen and oxygen atoms in total. The van der Waals surface area contributed by atoms with Gasteiger partial charge in [0.15, 0.2) is 5.82 Å². The zero-order valence-electron chi connectivity index (χ0n) is 13.9. The maximum Gasteiger partial charge on any atom is 0.256 e. The molecule has 0 spiro atoms. The van der Waals surface area contributed by atoms with Gasteiger partial charge in [-0.15, -0.1) is 0 Å². The number of nitrogens with one attached hydrogen (secondary N) is 3. The summed E-state index contributed by atoms with van der Waals surface area (Å²) in [7, 11) is 0. The van der Waals surface area contributed by atoms with Gasteiger partial charge in [-0.1, -0.05) is 24.3 Å². The first-order chi connectivity index (χ1) is 12.5. The van der Waals surface area contributed by atoms with Crippen LogP contribution in [0.1, 0.15) is 21.5 Å². The fourth-order valence-corrected chi connectivity index (χ4v) is 2.44. The number of phenolic OH excluding ortho intramolecular Hbond substituents is 2. The van der Waals surface area contributed by atoms with E-state index >= 15 is 0 Å². The van der Waals surface area contributed by atoms with E-state index in [0.29, 0.717) is 24.7 Å². The van der Waals surface area contributed by atoms with Gasteiger partial charge >= 0.3 is 0 Å². The molecule has 3 rings (SSSR count). The molecule has 2 aromatic carbocycles. The number of anilines is 2. The number of hydrogen-bond donors (Lipinski definition) is 6. The Morgan fingerprint density at radius 1 is 0.923 bits per heavy atom. The van der Waals surface area contributed by atoms with Crippen LogP contribution in [0.4, 0.5) is 11.6 Å². The van der Waals surface area contributed by atoms with Gasteiger partial charge in [-0.25, -0.2) is 0 Å². The van der Waals surface area contributed by atoms with E-state index in [0.717, 1.165) is 11.1 Å². The lowest BCUT2D eigenvalue weighted by Crippen LogP contribution is -2.15. The molecule has 0 atom stereocenters. The normalized spacial score (nSPS) is 10.5. The third-order valence-corrected chi connectivity index (χ3v) is 3.81. The zero-order valence-corrected chi connectivity index (χ0v) is 13.9. The van der Waals surface area contributed by atoms with Crippen molar-refractivity contribution in [1.82, 2.24) is 10.2 Å². The Bertz CT molecular complexity index is 821. The number of benzene rings is 2. The van der Waals surface area contributed by atoms with Crippen molar-refractivity contribution >= 4 is 17.5 Å². The van der Waals surface area contributed by atoms with Gasteiger partial charge in [-0.05, 0) is 35.4 Å². The fraction of sp³-hybridized carbons (Fsp3) is 0.111. The summed E-state index contributed by atoms with van der Waals surface area (Å²) in [4.78, 5) is 11.8. The monoisotopic (exact) mass is 353 g/mol. The lowest BCUT2D eigenvalue weighted by atomic mass is 10.2. The van der Waals surface area contributed by atoms with E-state index in [1.54, 1.807) is 48.5 Å². The second-order valence-corrected chi connectivity index (χ2v) is 5.73. The number of H-pyrrole nitrogens is 1. The third-order valence-electron chi connectivity index (χ3n) is 3.81. The van der Waals surface area contributed by atoms with Crippen LogP contribution < -0.4 is 16.4 Å². The third kappa shape index (κ3) is 4.04. The van der Waals surface area contributed by atoms with Crippen molar-refractivity contribution in [1.29, 1.82) is 0 Å². The summed E-state index contributed by atoms with van der Waals surface area (Å²) >= 11 is 0. The molecule has 0 aliphatic rings. The van der Waals surface area contributed by atoms with Crippen molar-refractivity contribution in [3.05, 3.63) is 65.2 Å². The Morgan fingerprint density at radius 2 is 1.42 bits per heavy atom. The molecule has 0 aliphatic heterocycles. The molecular weight excluding hydrogens is 334 g/mol. The van der Waals surface area contributed by atoms with Crippen LogP contribution in [0.3, 0.4) is 0 Å². The number of phenols is 2. The predicted octanol–water partition coefficient (Wildman–Crippen LogP) is 2.14. The largest absolute Gasteiger partial charge is 0.508 e. The van der Waals surface area contributed by atoms with Gasteiger partial charge in [0.1, 0.15) is 22.9 Å². The number of carbonyl (C=O) groups is 1. The molecule has 0 bridgehead atoms. The first-order valence-electron chi connectivity index (χ1n) is 7.94. The summed E-state index contributed by atoms with van der Waals surface area (Å²) < 4.78 is 0. The first kappa shape index (κ1) is 17.2. The van der Waals surface area contributed by atoms with Crippen LogP contribution in [0.2, 0.25) is 0 Å². The number of primary amides is 1.